The van der Waals surface area contributed by atoms with Crippen molar-refractivity contribution in [2.24, 2.45) is 0 Å². The minimum Gasteiger partial charge on any atom is -0.462 e. The Bertz CT molecular complexity index is 770. The van der Waals surface area contributed by atoms with Crippen molar-refractivity contribution in [1.82, 2.24) is 0 Å². The molecule has 2 aromatic rings. The van der Waals surface area contributed by atoms with Crippen LogP contribution in [0.5, 0.6) is 0 Å². The molecule has 0 radical (unpaired) electrons. The number of carbonyl (C=O) groups excluding carboxylic acids is 2. The molecule has 7 heteroatoms. The van der Waals surface area contributed by atoms with E-state index >= 15 is 0 Å². The molecule has 2 rings (SSSR count). The first-order chi connectivity index (χ1) is 12.0. The van der Waals surface area contributed by atoms with Crippen molar-refractivity contribution in [3.8, 4) is 0 Å². The minimum absolute atomic E-state index is 0.158. The van der Waals surface area contributed by atoms with Crippen molar-refractivity contribution < 1.29 is 18.7 Å². The summed E-state index contributed by atoms with van der Waals surface area (Å²) >= 11 is 7.28. The van der Waals surface area contributed by atoms with Crippen LogP contribution in [0.1, 0.15) is 22.8 Å². The predicted octanol–water partition coefficient (Wildman–Crippen LogP) is 4.53. The summed E-state index contributed by atoms with van der Waals surface area (Å²) < 4.78 is 18.4. The average Bonchev–Trinajstić information content (AvgIpc) is 2.58. The summed E-state index contributed by atoms with van der Waals surface area (Å²) in [7, 11) is 0. The third-order valence-electron chi connectivity index (χ3n) is 3.19. The van der Waals surface area contributed by atoms with Gasteiger partial charge < -0.3 is 10.1 Å². The third-order valence-corrected chi connectivity index (χ3v) is 4.51. The molecule has 4 nitrogen and oxygen atoms in total. The first-order valence-electron chi connectivity index (χ1n) is 7.59. The predicted molar refractivity (Wildman–Crippen MR) is 98.6 cm³/mol. The van der Waals surface area contributed by atoms with E-state index in [2.05, 4.69) is 5.32 Å². The van der Waals surface area contributed by atoms with Crippen molar-refractivity contribution in [2.45, 2.75) is 12.7 Å². The quantitative estimate of drug-likeness (QED) is 0.716. The zero-order valence-corrected chi connectivity index (χ0v) is 15.1. The number of halogens is 2. The molecule has 0 aliphatic rings. The van der Waals surface area contributed by atoms with E-state index in [1.807, 2.05) is 0 Å². The first-order valence-corrected chi connectivity index (χ1v) is 9.12. The summed E-state index contributed by atoms with van der Waals surface area (Å²) in [6.07, 6.45) is 0. The molecule has 0 unspecified atom stereocenters. The number of amides is 1. The molecule has 1 amide bonds. The number of anilines is 1. The van der Waals surface area contributed by atoms with Crippen molar-refractivity contribution in [3.05, 3.63) is 64.4 Å². The molecular formula is C18H17ClFNO3S. The fourth-order valence-corrected chi connectivity index (χ4v) is 3.04. The summed E-state index contributed by atoms with van der Waals surface area (Å²) in [6.45, 7) is 1.93. The molecule has 0 heterocycles. The Kier molecular flexibility index (Phi) is 7.28. The standard InChI is InChI=1S/C18H17ClFNO3S/c1-2-24-18(23)14-9-13(7-8-15(14)19)21-17(22)11-25-10-12-5-3-4-6-16(12)20/h3-9H,2,10-11H2,1H3,(H,21,22). The number of ether oxygens (including phenoxy) is 1. The Morgan fingerprint density at radius 2 is 2.00 bits per heavy atom. The lowest BCUT2D eigenvalue weighted by atomic mass is 10.2. The van der Waals surface area contributed by atoms with Crippen molar-refractivity contribution >= 4 is 40.9 Å². The molecule has 0 spiro atoms. The van der Waals surface area contributed by atoms with Crippen LogP contribution in [-0.4, -0.2) is 24.2 Å². The second kappa shape index (κ2) is 9.44. The molecule has 0 aliphatic carbocycles. The Hall–Kier alpha value is -2.05. The van der Waals surface area contributed by atoms with E-state index in [1.165, 1.54) is 30.0 Å². The van der Waals surface area contributed by atoms with E-state index in [-0.39, 0.29) is 34.7 Å². The van der Waals surface area contributed by atoms with Gasteiger partial charge in [0.1, 0.15) is 5.82 Å². The van der Waals surface area contributed by atoms with E-state index in [0.717, 1.165) is 0 Å². The highest BCUT2D eigenvalue weighted by molar-refractivity contribution is 7.99. The van der Waals surface area contributed by atoms with Gasteiger partial charge in [-0.3, -0.25) is 4.79 Å². The highest BCUT2D eigenvalue weighted by Gasteiger charge is 2.13. The molecule has 0 saturated heterocycles. The summed E-state index contributed by atoms with van der Waals surface area (Å²) in [6, 6.07) is 11.0. The van der Waals surface area contributed by atoms with Gasteiger partial charge in [-0.25, -0.2) is 9.18 Å². The number of esters is 1. The van der Waals surface area contributed by atoms with E-state index in [9.17, 15) is 14.0 Å². The summed E-state index contributed by atoms with van der Waals surface area (Å²) in [5, 5.41) is 2.94. The van der Waals surface area contributed by atoms with Crippen LogP contribution in [0.3, 0.4) is 0 Å². The van der Waals surface area contributed by atoms with Gasteiger partial charge in [0, 0.05) is 11.4 Å². The van der Waals surface area contributed by atoms with Crippen molar-refractivity contribution in [3.63, 3.8) is 0 Å². The lowest BCUT2D eigenvalue weighted by molar-refractivity contribution is -0.113. The van der Waals surface area contributed by atoms with Crippen LogP contribution in [0.2, 0.25) is 5.02 Å². The average molecular weight is 382 g/mol. The number of rotatable bonds is 7. The van der Waals surface area contributed by atoms with Crippen LogP contribution < -0.4 is 5.32 Å². The van der Waals surface area contributed by atoms with Gasteiger partial charge in [-0.2, -0.15) is 0 Å². The van der Waals surface area contributed by atoms with E-state index in [1.54, 1.807) is 31.2 Å². The molecule has 1 N–H and O–H groups in total. The molecule has 0 aliphatic heterocycles. The monoisotopic (exact) mass is 381 g/mol. The Morgan fingerprint density at radius 1 is 1.24 bits per heavy atom. The van der Waals surface area contributed by atoms with E-state index in [0.29, 0.717) is 17.0 Å². The number of benzene rings is 2. The molecule has 132 valence electrons. The number of hydrogen-bond acceptors (Lipinski definition) is 4. The summed E-state index contributed by atoms with van der Waals surface area (Å²) in [4.78, 5) is 23.8. The maximum Gasteiger partial charge on any atom is 0.339 e. The SMILES string of the molecule is CCOC(=O)c1cc(NC(=O)CSCc2ccccc2F)ccc1Cl. The van der Waals surface area contributed by atoms with Gasteiger partial charge in [0.05, 0.1) is 22.9 Å². The fourth-order valence-electron chi connectivity index (χ4n) is 2.03. The lowest BCUT2D eigenvalue weighted by Gasteiger charge is -2.09. The lowest BCUT2D eigenvalue weighted by Crippen LogP contribution is -2.15. The van der Waals surface area contributed by atoms with Crippen LogP contribution >= 0.6 is 23.4 Å². The second-order valence-electron chi connectivity index (χ2n) is 5.05. The van der Waals surface area contributed by atoms with Gasteiger partial charge in [0.25, 0.3) is 0 Å². The zero-order chi connectivity index (χ0) is 18.2. The van der Waals surface area contributed by atoms with Gasteiger partial charge >= 0.3 is 5.97 Å². The molecule has 0 atom stereocenters. The summed E-state index contributed by atoms with van der Waals surface area (Å²) in [5.41, 5.74) is 1.20. The first kappa shape index (κ1) is 19.3. The summed E-state index contributed by atoms with van der Waals surface area (Å²) in [5.74, 6) is -0.524. The smallest absolute Gasteiger partial charge is 0.339 e. The topological polar surface area (TPSA) is 55.4 Å². The highest BCUT2D eigenvalue weighted by atomic mass is 35.5. The van der Waals surface area contributed by atoms with Crippen LogP contribution in [0.15, 0.2) is 42.5 Å². The number of thioether (sulfide) groups is 1. The Morgan fingerprint density at radius 3 is 2.72 bits per heavy atom. The van der Waals surface area contributed by atoms with E-state index in [4.69, 9.17) is 16.3 Å². The largest absolute Gasteiger partial charge is 0.462 e. The molecule has 0 fully saturated rings. The van der Waals surface area contributed by atoms with E-state index < -0.39 is 5.97 Å². The van der Waals surface area contributed by atoms with Crippen LogP contribution in [0, 0.1) is 5.82 Å². The Balaban J connectivity index is 1.91. The molecule has 0 bridgehead atoms. The number of carbonyl (C=O) groups is 2. The molecule has 25 heavy (non-hydrogen) atoms. The van der Waals surface area contributed by atoms with Gasteiger partial charge in [-0.15, -0.1) is 11.8 Å². The van der Waals surface area contributed by atoms with Gasteiger partial charge in [-0.05, 0) is 36.8 Å². The normalized spacial score (nSPS) is 10.4. The molecule has 0 aromatic heterocycles. The minimum atomic E-state index is -0.544. The van der Waals surface area contributed by atoms with Crippen LogP contribution in [0.4, 0.5) is 10.1 Å². The Labute approximate surface area is 154 Å². The van der Waals surface area contributed by atoms with Crippen LogP contribution in [-0.2, 0) is 15.3 Å². The van der Waals surface area contributed by atoms with Crippen molar-refractivity contribution in [1.29, 1.82) is 0 Å². The maximum absolute atomic E-state index is 13.5. The third kappa shape index (κ3) is 5.76. The van der Waals surface area contributed by atoms with Crippen molar-refractivity contribution in [2.75, 3.05) is 17.7 Å². The zero-order valence-electron chi connectivity index (χ0n) is 13.6. The molecular weight excluding hydrogens is 365 g/mol. The van der Waals surface area contributed by atoms with Gasteiger partial charge in [-0.1, -0.05) is 29.8 Å². The fraction of sp³-hybridized carbons (Fsp3) is 0.222. The number of nitrogens with one attached hydrogen (secondary N) is 1. The highest BCUT2D eigenvalue weighted by Crippen LogP contribution is 2.22. The molecule has 2 aromatic carbocycles. The second-order valence-corrected chi connectivity index (χ2v) is 6.44. The van der Waals surface area contributed by atoms with Gasteiger partial charge in [0.15, 0.2) is 0 Å². The van der Waals surface area contributed by atoms with Crippen LogP contribution in [0.25, 0.3) is 0 Å². The maximum atomic E-state index is 13.5. The molecule has 0 saturated carbocycles. The number of hydrogen-bond donors (Lipinski definition) is 1. The van der Waals surface area contributed by atoms with Gasteiger partial charge in [0.2, 0.25) is 5.91 Å².